The van der Waals surface area contributed by atoms with E-state index in [1.54, 1.807) is 18.9 Å². The second-order valence-electron chi connectivity index (χ2n) is 3.92. The van der Waals surface area contributed by atoms with E-state index in [0.717, 1.165) is 6.07 Å². The summed E-state index contributed by atoms with van der Waals surface area (Å²) in [6.45, 7) is 2.05. The van der Waals surface area contributed by atoms with Crippen LogP contribution in [0.25, 0.3) is 0 Å². The Kier molecular flexibility index (Phi) is 4.39. The SMILES string of the molecule is C[C@@H](O)CCN(C)c1cccc(F)c1[N+](=O)[O-]. The van der Waals surface area contributed by atoms with Crippen molar-refractivity contribution >= 4 is 11.4 Å². The fourth-order valence-electron chi connectivity index (χ4n) is 1.49. The number of anilines is 1. The van der Waals surface area contributed by atoms with Crippen molar-refractivity contribution in [2.75, 3.05) is 18.5 Å². The summed E-state index contributed by atoms with van der Waals surface area (Å²) in [4.78, 5) is 11.6. The molecule has 5 nitrogen and oxygen atoms in total. The van der Waals surface area contributed by atoms with Crippen LogP contribution in [0.15, 0.2) is 18.2 Å². The molecule has 0 unspecified atom stereocenters. The third kappa shape index (κ3) is 3.39. The molecule has 1 aromatic rings. The van der Waals surface area contributed by atoms with E-state index in [4.69, 9.17) is 5.11 Å². The molecule has 0 saturated carbocycles. The molecule has 0 bridgehead atoms. The largest absolute Gasteiger partial charge is 0.393 e. The highest BCUT2D eigenvalue weighted by atomic mass is 19.1. The van der Waals surface area contributed by atoms with Crippen molar-refractivity contribution in [1.82, 2.24) is 0 Å². The van der Waals surface area contributed by atoms with E-state index >= 15 is 0 Å². The van der Waals surface area contributed by atoms with Crippen molar-refractivity contribution in [3.8, 4) is 0 Å². The first kappa shape index (κ1) is 13.4. The molecule has 94 valence electrons. The number of aliphatic hydroxyl groups is 1. The van der Waals surface area contributed by atoms with Crippen molar-refractivity contribution < 1.29 is 14.4 Å². The molecule has 1 N–H and O–H groups in total. The summed E-state index contributed by atoms with van der Waals surface area (Å²) in [7, 11) is 1.63. The van der Waals surface area contributed by atoms with E-state index in [0.29, 0.717) is 13.0 Å². The van der Waals surface area contributed by atoms with Crippen LogP contribution in [0, 0.1) is 15.9 Å². The van der Waals surface area contributed by atoms with E-state index in [9.17, 15) is 14.5 Å². The van der Waals surface area contributed by atoms with Crippen LogP contribution < -0.4 is 4.90 Å². The van der Waals surface area contributed by atoms with Crippen LogP contribution in [-0.4, -0.2) is 29.7 Å². The number of para-hydroxylation sites is 1. The van der Waals surface area contributed by atoms with E-state index in [1.165, 1.54) is 12.1 Å². The molecule has 17 heavy (non-hydrogen) atoms. The van der Waals surface area contributed by atoms with Gasteiger partial charge in [-0.1, -0.05) is 6.07 Å². The molecule has 0 aromatic heterocycles. The molecule has 0 fully saturated rings. The van der Waals surface area contributed by atoms with Gasteiger partial charge < -0.3 is 10.0 Å². The van der Waals surface area contributed by atoms with Gasteiger partial charge in [0.2, 0.25) is 5.82 Å². The van der Waals surface area contributed by atoms with Gasteiger partial charge in [0, 0.05) is 13.6 Å². The number of rotatable bonds is 5. The first-order valence-corrected chi connectivity index (χ1v) is 5.25. The van der Waals surface area contributed by atoms with Crippen LogP contribution in [0.1, 0.15) is 13.3 Å². The number of hydrogen-bond acceptors (Lipinski definition) is 4. The zero-order chi connectivity index (χ0) is 13.0. The van der Waals surface area contributed by atoms with Gasteiger partial charge in [0.1, 0.15) is 5.69 Å². The van der Waals surface area contributed by atoms with Gasteiger partial charge in [-0.05, 0) is 25.5 Å². The second kappa shape index (κ2) is 5.58. The van der Waals surface area contributed by atoms with Gasteiger partial charge in [0.15, 0.2) is 0 Å². The first-order valence-electron chi connectivity index (χ1n) is 5.25. The lowest BCUT2D eigenvalue weighted by Gasteiger charge is -2.19. The Morgan fingerprint density at radius 1 is 1.59 bits per heavy atom. The lowest BCUT2D eigenvalue weighted by molar-refractivity contribution is -0.386. The molecule has 1 aromatic carbocycles. The van der Waals surface area contributed by atoms with E-state index in [2.05, 4.69) is 0 Å². The predicted molar refractivity (Wildman–Crippen MR) is 62.6 cm³/mol. The van der Waals surface area contributed by atoms with E-state index < -0.39 is 22.5 Å². The monoisotopic (exact) mass is 242 g/mol. The van der Waals surface area contributed by atoms with Gasteiger partial charge >= 0.3 is 5.69 Å². The van der Waals surface area contributed by atoms with Gasteiger partial charge in [-0.3, -0.25) is 10.1 Å². The number of aliphatic hydroxyl groups excluding tert-OH is 1. The second-order valence-corrected chi connectivity index (χ2v) is 3.92. The maximum atomic E-state index is 13.3. The molecule has 1 atom stereocenters. The molecule has 0 aliphatic heterocycles. The predicted octanol–water partition coefficient (Wildman–Crippen LogP) is 1.94. The molecular formula is C11H15FN2O3. The van der Waals surface area contributed by atoms with Gasteiger partial charge in [-0.2, -0.15) is 4.39 Å². The number of hydrogen-bond donors (Lipinski definition) is 1. The Labute approximate surface area is 98.6 Å². The number of nitrogens with zero attached hydrogens (tertiary/aromatic N) is 2. The van der Waals surface area contributed by atoms with Crippen LogP contribution in [0.5, 0.6) is 0 Å². The average molecular weight is 242 g/mol. The maximum absolute atomic E-state index is 13.3. The normalized spacial score (nSPS) is 12.2. The summed E-state index contributed by atoms with van der Waals surface area (Å²) in [6, 6.07) is 3.98. The van der Waals surface area contributed by atoms with Crippen molar-refractivity contribution in [2.45, 2.75) is 19.4 Å². The zero-order valence-corrected chi connectivity index (χ0v) is 9.76. The Hall–Kier alpha value is -1.69. The maximum Gasteiger partial charge on any atom is 0.327 e. The highest BCUT2D eigenvalue weighted by molar-refractivity contribution is 5.63. The van der Waals surface area contributed by atoms with Crippen molar-refractivity contribution in [3.63, 3.8) is 0 Å². The lowest BCUT2D eigenvalue weighted by atomic mass is 10.2. The van der Waals surface area contributed by atoms with Crippen LogP contribution >= 0.6 is 0 Å². The summed E-state index contributed by atoms with van der Waals surface area (Å²) in [5, 5.41) is 19.9. The lowest BCUT2D eigenvalue weighted by Crippen LogP contribution is -2.22. The smallest absolute Gasteiger partial charge is 0.327 e. The van der Waals surface area contributed by atoms with Crippen LogP contribution in [0.3, 0.4) is 0 Å². The van der Waals surface area contributed by atoms with Crippen LogP contribution in [-0.2, 0) is 0 Å². The summed E-state index contributed by atoms with van der Waals surface area (Å²) >= 11 is 0. The minimum atomic E-state index is -0.851. The summed E-state index contributed by atoms with van der Waals surface area (Å²) < 4.78 is 13.3. The quantitative estimate of drug-likeness (QED) is 0.633. The zero-order valence-electron chi connectivity index (χ0n) is 9.76. The van der Waals surface area contributed by atoms with Crippen LogP contribution in [0.2, 0.25) is 0 Å². The Morgan fingerprint density at radius 3 is 2.76 bits per heavy atom. The molecule has 1 rings (SSSR count). The molecule has 0 spiro atoms. The fraction of sp³-hybridized carbons (Fsp3) is 0.455. The molecule has 0 aliphatic carbocycles. The molecular weight excluding hydrogens is 227 g/mol. The molecule has 0 heterocycles. The van der Waals surface area contributed by atoms with E-state index in [1.807, 2.05) is 0 Å². The highest BCUT2D eigenvalue weighted by Gasteiger charge is 2.22. The number of halogens is 1. The van der Waals surface area contributed by atoms with Gasteiger partial charge in [-0.25, -0.2) is 0 Å². The number of benzene rings is 1. The molecule has 0 saturated heterocycles. The van der Waals surface area contributed by atoms with Crippen molar-refractivity contribution in [2.24, 2.45) is 0 Å². The number of nitro benzene ring substituents is 1. The topological polar surface area (TPSA) is 66.6 Å². The van der Waals surface area contributed by atoms with Gasteiger partial charge in [0.25, 0.3) is 0 Å². The molecule has 0 amide bonds. The highest BCUT2D eigenvalue weighted by Crippen LogP contribution is 2.29. The summed E-state index contributed by atoms with van der Waals surface area (Å²) in [5.74, 6) is -0.851. The minimum absolute atomic E-state index is 0.218. The molecule has 0 radical (unpaired) electrons. The standard InChI is InChI=1S/C11H15FN2O3/c1-8(15)6-7-13(2)10-5-3-4-9(12)11(10)14(16)17/h3-5,8,15H,6-7H2,1-2H3/t8-/m1/s1. The Balaban J connectivity index is 2.96. The van der Waals surface area contributed by atoms with Crippen molar-refractivity contribution in [1.29, 1.82) is 0 Å². The average Bonchev–Trinajstić information content (AvgIpc) is 2.24. The fourth-order valence-corrected chi connectivity index (χ4v) is 1.49. The Bertz CT molecular complexity index is 410. The first-order chi connectivity index (χ1) is 7.93. The third-order valence-electron chi connectivity index (χ3n) is 2.44. The van der Waals surface area contributed by atoms with E-state index in [-0.39, 0.29) is 5.69 Å². The number of nitro groups is 1. The Morgan fingerprint density at radius 2 is 2.24 bits per heavy atom. The summed E-state index contributed by atoms with van der Waals surface area (Å²) in [5.41, 5.74) is -0.309. The summed E-state index contributed by atoms with van der Waals surface area (Å²) in [6.07, 6.45) is -0.0328. The van der Waals surface area contributed by atoms with Gasteiger partial charge in [-0.15, -0.1) is 0 Å². The van der Waals surface area contributed by atoms with Crippen LogP contribution in [0.4, 0.5) is 15.8 Å². The van der Waals surface area contributed by atoms with Gasteiger partial charge in [0.05, 0.1) is 11.0 Å². The molecule has 6 heteroatoms. The molecule has 0 aliphatic rings. The third-order valence-corrected chi connectivity index (χ3v) is 2.44. The van der Waals surface area contributed by atoms with Crippen molar-refractivity contribution in [3.05, 3.63) is 34.1 Å². The minimum Gasteiger partial charge on any atom is -0.393 e.